The molecule has 1 saturated heterocycles. The highest BCUT2D eigenvalue weighted by Crippen LogP contribution is 2.28. The van der Waals surface area contributed by atoms with Crippen LogP contribution in [0, 0.1) is 0 Å². The third kappa shape index (κ3) is 8.85. The molecule has 0 unspecified atom stereocenters. The summed E-state index contributed by atoms with van der Waals surface area (Å²) in [6, 6.07) is 6.95. The Labute approximate surface area is 213 Å². The van der Waals surface area contributed by atoms with E-state index in [2.05, 4.69) is 16.2 Å². The summed E-state index contributed by atoms with van der Waals surface area (Å²) in [6.45, 7) is 4.27. The molecule has 2 rings (SSSR count). The quantitative estimate of drug-likeness (QED) is 0.177. The normalized spacial score (nSPS) is 22.9. The maximum Gasteiger partial charge on any atom is 0.303 e. The van der Waals surface area contributed by atoms with Crippen molar-refractivity contribution < 1.29 is 47.6 Å². The number of rotatable bonds is 9. The number of methoxy groups -OCH3 is 1. The van der Waals surface area contributed by atoms with Crippen LogP contribution in [0.15, 0.2) is 24.3 Å². The molecule has 0 aliphatic carbocycles. The maximum atomic E-state index is 11.9. The number of hydrazine groups is 1. The number of esters is 4. The number of hydrogen-bond acceptors (Lipinski definition) is 12. The maximum absolute atomic E-state index is 11.9. The zero-order valence-electron chi connectivity index (χ0n) is 20.4. The predicted octanol–water partition coefficient (Wildman–Crippen LogP) is 0.569. The van der Waals surface area contributed by atoms with Crippen molar-refractivity contribution in [1.82, 2.24) is 10.7 Å². The standard InChI is InChI=1S/C22H29N3O10S/c1-11(26)31-10-17-18(32-12(2)27)19(33-13(3)28)20(34-14(4)29)21(35-17)23-22(36)25-24-15-6-8-16(30-5)9-7-15/h6-9,17-21,24H,10H2,1-5H3,(H2,23,25,36)/t17-,18-,19+,20-,21-/m1/s1. The molecule has 1 aliphatic heterocycles. The van der Waals surface area contributed by atoms with E-state index < -0.39 is 54.5 Å². The molecule has 14 heteroatoms. The number of carbonyl (C=O) groups is 4. The number of ether oxygens (including phenoxy) is 6. The lowest BCUT2D eigenvalue weighted by Gasteiger charge is -2.44. The van der Waals surface area contributed by atoms with E-state index in [1.54, 1.807) is 31.4 Å². The number of nitrogens with one attached hydrogen (secondary N) is 3. The second-order valence-corrected chi connectivity index (χ2v) is 7.98. The Morgan fingerprint density at radius 2 is 1.42 bits per heavy atom. The third-order valence-corrected chi connectivity index (χ3v) is 4.89. The number of carbonyl (C=O) groups excluding carboxylic acids is 4. The van der Waals surface area contributed by atoms with E-state index in [-0.39, 0.29) is 11.7 Å². The summed E-state index contributed by atoms with van der Waals surface area (Å²) >= 11 is 5.31. The molecule has 3 N–H and O–H groups in total. The molecule has 1 fully saturated rings. The van der Waals surface area contributed by atoms with E-state index in [0.717, 1.165) is 20.8 Å². The molecule has 0 aromatic heterocycles. The molecule has 0 amide bonds. The van der Waals surface area contributed by atoms with E-state index >= 15 is 0 Å². The second-order valence-electron chi connectivity index (χ2n) is 7.57. The van der Waals surface area contributed by atoms with Gasteiger partial charge in [-0.15, -0.1) is 0 Å². The van der Waals surface area contributed by atoms with Gasteiger partial charge < -0.3 is 33.7 Å². The van der Waals surface area contributed by atoms with Crippen molar-refractivity contribution in [3.05, 3.63) is 24.3 Å². The van der Waals surface area contributed by atoms with Crippen LogP contribution in [0.5, 0.6) is 5.75 Å². The number of hydrogen-bond donors (Lipinski definition) is 3. The molecule has 1 aromatic carbocycles. The summed E-state index contributed by atoms with van der Waals surface area (Å²) in [5.41, 5.74) is 6.28. The minimum atomic E-state index is -1.31. The Morgan fingerprint density at radius 1 is 0.861 bits per heavy atom. The molecule has 0 radical (unpaired) electrons. The second kappa shape index (κ2) is 13.4. The van der Waals surface area contributed by atoms with Gasteiger partial charge in [0.05, 0.1) is 12.8 Å². The first-order valence-electron chi connectivity index (χ1n) is 10.8. The summed E-state index contributed by atoms with van der Waals surface area (Å²) in [4.78, 5) is 46.9. The van der Waals surface area contributed by atoms with Gasteiger partial charge in [-0.3, -0.25) is 30.0 Å². The molecule has 198 valence electrons. The molecule has 1 heterocycles. The smallest absolute Gasteiger partial charge is 0.303 e. The fraction of sp³-hybridized carbons (Fsp3) is 0.500. The number of thiocarbonyl (C=S) groups is 1. The molecule has 1 aliphatic rings. The monoisotopic (exact) mass is 527 g/mol. The van der Waals surface area contributed by atoms with Crippen LogP contribution in [-0.4, -0.2) is 73.4 Å². The van der Waals surface area contributed by atoms with E-state index in [0.29, 0.717) is 11.4 Å². The van der Waals surface area contributed by atoms with Crippen LogP contribution < -0.4 is 20.9 Å². The Balaban J connectivity index is 2.26. The Hall–Kier alpha value is -3.65. The largest absolute Gasteiger partial charge is 0.497 e. The van der Waals surface area contributed by atoms with Crippen molar-refractivity contribution in [2.45, 2.75) is 58.3 Å². The lowest BCUT2D eigenvalue weighted by atomic mass is 9.97. The van der Waals surface area contributed by atoms with Gasteiger partial charge >= 0.3 is 23.9 Å². The van der Waals surface area contributed by atoms with Crippen molar-refractivity contribution in [3.8, 4) is 5.75 Å². The molecule has 0 spiro atoms. The molecular weight excluding hydrogens is 498 g/mol. The SMILES string of the molecule is COc1ccc(NNC(=S)N[C@@H]2O[C@H](COC(C)=O)[C@@H](OC(C)=O)[C@H](OC(C)=O)[C@H]2OC(C)=O)cc1. The minimum Gasteiger partial charge on any atom is -0.497 e. The van der Waals surface area contributed by atoms with Crippen molar-refractivity contribution in [2.24, 2.45) is 0 Å². The van der Waals surface area contributed by atoms with Crippen molar-refractivity contribution in [3.63, 3.8) is 0 Å². The lowest BCUT2D eigenvalue weighted by molar-refractivity contribution is -0.254. The van der Waals surface area contributed by atoms with Gasteiger partial charge in [0.2, 0.25) is 0 Å². The van der Waals surface area contributed by atoms with Crippen LogP contribution >= 0.6 is 12.2 Å². The van der Waals surface area contributed by atoms with E-state index in [9.17, 15) is 19.2 Å². The van der Waals surface area contributed by atoms with Crippen molar-refractivity contribution >= 4 is 46.9 Å². The van der Waals surface area contributed by atoms with Gasteiger partial charge in [-0.2, -0.15) is 0 Å². The van der Waals surface area contributed by atoms with Crippen molar-refractivity contribution in [1.29, 1.82) is 0 Å². The summed E-state index contributed by atoms with van der Waals surface area (Å²) in [5.74, 6) is -2.12. The Kier molecular flexibility index (Phi) is 10.7. The van der Waals surface area contributed by atoms with Crippen LogP contribution in [0.1, 0.15) is 27.7 Å². The van der Waals surface area contributed by atoms with Crippen LogP contribution in [0.3, 0.4) is 0 Å². The average Bonchev–Trinajstić information content (AvgIpc) is 2.79. The number of anilines is 1. The fourth-order valence-corrected chi connectivity index (χ4v) is 3.48. The topological polar surface area (TPSA) is 160 Å². The van der Waals surface area contributed by atoms with Gasteiger partial charge in [-0.25, -0.2) is 0 Å². The number of benzene rings is 1. The molecule has 1 aromatic rings. The van der Waals surface area contributed by atoms with Gasteiger partial charge in [0.15, 0.2) is 29.7 Å². The zero-order chi connectivity index (χ0) is 26.8. The van der Waals surface area contributed by atoms with Crippen LogP contribution in [0.2, 0.25) is 0 Å². The molecule has 0 bridgehead atoms. The van der Waals surface area contributed by atoms with E-state index in [1.807, 2.05) is 0 Å². The molecular formula is C22H29N3O10S. The van der Waals surface area contributed by atoms with Gasteiger partial charge in [0, 0.05) is 27.7 Å². The average molecular weight is 528 g/mol. The van der Waals surface area contributed by atoms with E-state index in [1.165, 1.54) is 6.92 Å². The zero-order valence-corrected chi connectivity index (χ0v) is 21.2. The molecule has 13 nitrogen and oxygen atoms in total. The Morgan fingerprint density at radius 3 is 1.94 bits per heavy atom. The van der Waals surface area contributed by atoms with Gasteiger partial charge in [0.1, 0.15) is 18.5 Å². The van der Waals surface area contributed by atoms with Gasteiger partial charge in [0.25, 0.3) is 0 Å². The highest BCUT2D eigenvalue weighted by Gasteiger charge is 2.52. The fourth-order valence-electron chi connectivity index (χ4n) is 3.31. The summed E-state index contributed by atoms with van der Waals surface area (Å²) in [7, 11) is 1.55. The minimum absolute atomic E-state index is 0.0201. The first-order valence-corrected chi connectivity index (χ1v) is 11.2. The highest BCUT2D eigenvalue weighted by atomic mass is 32.1. The van der Waals surface area contributed by atoms with Crippen LogP contribution in [0.4, 0.5) is 5.69 Å². The predicted molar refractivity (Wildman–Crippen MR) is 127 cm³/mol. The van der Waals surface area contributed by atoms with Crippen LogP contribution in [-0.2, 0) is 42.9 Å². The lowest BCUT2D eigenvalue weighted by Crippen LogP contribution is -2.67. The Bertz CT molecular complexity index is 958. The van der Waals surface area contributed by atoms with Crippen molar-refractivity contribution in [2.75, 3.05) is 19.1 Å². The first kappa shape index (κ1) is 28.6. The highest BCUT2D eigenvalue weighted by molar-refractivity contribution is 7.80. The molecule has 36 heavy (non-hydrogen) atoms. The van der Waals surface area contributed by atoms with Gasteiger partial charge in [-0.05, 0) is 36.5 Å². The third-order valence-electron chi connectivity index (χ3n) is 4.67. The van der Waals surface area contributed by atoms with Crippen LogP contribution in [0.25, 0.3) is 0 Å². The summed E-state index contributed by atoms with van der Waals surface area (Å²) < 4.78 is 32.1. The van der Waals surface area contributed by atoms with Gasteiger partial charge in [-0.1, -0.05) is 0 Å². The van der Waals surface area contributed by atoms with E-state index in [4.69, 9.17) is 40.6 Å². The molecule has 5 atom stereocenters. The summed E-state index contributed by atoms with van der Waals surface area (Å²) in [6.07, 6.45) is -6.14. The first-order chi connectivity index (χ1) is 17.0. The summed E-state index contributed by atoms with van der Waals surface area (Å²) in [5, 5.41) is 2.84. The molecule has 0 saturated carbocycles.